The predicted molar refractivity (Wildman–Crippen MR) is 310 cm³/mol. The number of nitrogens with zero attached hydrogens (tertiary/aromatic N) is 3. The number of fused-ring (bicyclic) bond motifs is 9. The van der Waals surface area contributed by atoms with Crippen molar-refractivity contribution in [2.45, 2.75) is 64.0 Å². The van der Waals surface area contributed by atoms with Gasteiger partial charge in [-0.2, -0.15) is 0 Å². The van der Waals surface area contributed by atoms with E-state index in [0.29, 0.717) is 121 Å². The molecule has 0 fully saturated rings. The molecule has 9 aromatic rings. The molecule has 410 valence electrons. The van der Waals surface area contributed by atoms with Gasteiger partial charge in [0.2, 0.25) is 23.8 Å². The highest BCUT2D eigenvalue weighted by molar-refractivity contribution is 6.40. The zero-order valence-corrected chi connectivity index (χ0v) is 47.0. The number of para-hydroxylation sites is 3. The molecule has 11 N–H and O–H groups in total. The fourth-order valence-electron chi connectivity index (χ4n) is 9.38. The highest BCUT2D eigenvalue weighted by Crippen LogP contribution is 2.41. The van der Waals surface area contributed by atoms with Crippen molar-refractivity contribution in [1.29, 1.82) is 0 Å². The number of carbonyl (C=O) groups is 4. The monoisotopic (exact) mass is 1190 g/mol. The van der Waals surface area contributed by atoms with Crippen LogP contribution in [0.1, 0.15) is 90.7 Å². The Morgan fingerprint density at radius 3 is 1.28 bits per heavy atom. The van der Waals surface area contributed by atoms with Crippen molar-refractivity contribution in [3.8, 4) is 0 Å². The SMILES string of the molecule is CC1(C)C(=O)NC(=O)c2c1ccc1[nH]c(Nc3c(Cl)cccc3Cl)nc21.CC1(C)CNC(=O)c2c1ccc1[nH]c(Nc3c(Cl)cccc3Cl)nc21.CC1(C)c2ccc3[nH]c(Nc4c(Cl)cccc4Cl)nc3c2C(=O)NC1O.OF.[3HH]. The van der Waals surface area contributed by atoms with Gasteiger partial charge in [0.1, 0.15) is 22.8 Å². The highest BCUT2D eigenvalue weighted by atomic mass is 35.5. The largest absolute Gasteiger partial charge is 0.373 e. The fourth-order valence-corrected chi connectivity index (χ4v) is 10.9. The third-order valence-corrected chi connectivity index (χ3v) is 15.7. The quantitative estimate of drug-likeness (QED) is 0.0694. The lowest BCUT2D eigenvalue weighted by molar-refractivity contribution is -0.125. The first-order valence-corrected chi connectivity index (χ1v) is 26.2. The highest BCUT2D eigenvalue weighted by Gasteiger charge is 2.42. The molecule has 0 spiro atoms. The van der Waals surface area contributed by atoms with E-state index in [1.54, 1.807) is 80.6 Å². The van der Waals surface area contributed by atoms with Crippen molar-refractivity contribution in [2.24, 2.45) is 0 Å². The molecule has 25 heteroatoms. The third kappa shape index (κ3) is 10.6. The number of amides is 4. The number of aromatic nitrogens is 6. The minimum Gasteiger partial charge on any atom is -0.373 e. The van der Waals surface area contributed by atoms with E-state index < -0.39 is 23.0 Å². The Balaban J connectivity index is 0.000000154. The molecule has 0 saturated carbocycles. The van der Waals surface area contributed by atoms with E-state index in [0.717, 1.165) is 16.6 Å². The second-order valence-corrected chi connectivity index (χ2v) is 22.6. The molecule has 3 aromatic heterocycles. The zero-order chi connectivity index (χ0) is 57.0. The number of aromatic amines is 3. The van der Waals surface area contributed by atoms with Crippen LogP contribution < -0.4 is 31.9 Å². The van der Waals surface area contributed by atoms with Gasteiger partial charge in [0.15, 0.2) is 0 Å². The van der Waals surface area contributed by atoms with Gasteiger partial charge in [-0.1, -0.05) is 138 Å². The molecule has 0 radical (unpaired) electrons. The first-order chi connectivity index (χ1) is 37.4. The van der Waals surface area contributed by atoms with Crippen LogP contribution in [0.25, 0.3) is 33.1 Å². The summed E-state index contributed by atoms with van der Waals surface area (Å²) in [4.78, 5) is 72.5. The third-order valence-electron chi connectivity index (χ3n) is 13.8. The van der Waals surface area contributed by atoms with Crippen molar-refractivity contribution in [3.63, 3.8) is 0 Å². The number of hydrogen-bond acceptors (Lipinski definition) is 12. The lowest BCUT2D eigenvalue weighted by Gasteiger charge is -2.37. The van der Waals surface area contributed by atoms with Gasteiger partial charge < -0.3 is 46.6 Å². The number of imidazole rings is 3. The minimum absolute atomic E-state index is 0. The Morgan fingerprint density at radius 1 is 0.519 bits per heavy atom. The molecular weight excluding hydrogens is 1140 g/mol. The Labute approximate surface area is 480 Å². The van der Waals surface area contributed by atoms with Crippen LogP contribution in [0.3, 0.4) is 0 Å². The summed E-state index contributed by atoms with van der Waals surface area (Å²) < 4.78 is 8.50. The number of carbonyl (C=O) groups excluding carboxylic acids is 4. The van der Waals surface area contributed by atoms with Gasteiger partial charge in [-0.25, -0.2) is 20.3 Å². The van der Waals surface area contributed by atoms with Crippen LogP contribution >= 0.6 is 69.6 Å². The molecule has 6 heterocycles. The molecule has 4 amide bonds. The number of aliphatic hydroxyl groups excluding tert-OH is 1. The number of hydrogen-bond donors (Lipinski definition) is 11. The molecule has 3 aliphatic rings. The van der Waals surface area contributed by atoms with Gasteiger partial charge >= 0.3 is 0 Å². The lowest BCUT2D eigenvalue weighted by atomic mass is 9.77. The van der Waals surface area contributed by atoms with Gasteiger partial charge in [0.05, 0.1) is 85.9 Å². The van der Waals surface area contributed by atoms with Gasteiger partial charge in [-0.05, 0) is 85.1 Å². The summed E-state index contributed by atoms with van der Waals surface area (Å²) in [6, 6.07) is 26.8. The topological polar surface area (TPSA) is 267 Å². The number of rotatable bonds is 6. The van der Waals surface area contributed by atoms with Crippen molar-refractivity contribution in [2.75, 3.05) is 22.5 Å². The average molecular weight is 1200 g/mol. The van der Waals surface area contributed by atoms with E-state index in [1.807, 2.05) is 38.1 Å². The van der Waals surface area contributed by atoms with Crippen LogP contribution in [0, 0.1) is 0 Å². The summed E-state index contributed by atoms with van der Waals surface area (Å²) in [5, 5.41) is 35.7. The fraction of sp³-hybridized carbons (Fsp3) is 0.204. The minimum atomic E-state index is -0.960. The normalized spacial score (nSPS) is 16.3. The second-order valence-electron chi connectivity index (χ2n) is 20.1. The summed E-state index contributed by atoms with van der Waals surface area (Å²) in [6.45, 7) is 12.1. The summed E-state index contributed by atoms with van der Waals surface area (Å²) in [7, 11) is 0. The van der Waals surface area contributed by atoms with E-state index in [2.05, 4.69) is 75.7 Å². The molecule has 6 aromatic carbocycles. The van der Waals surface area contributed by atoms with Gasteiger partial charge in [-0.3, -0.25) is 24.5 Å². The van der Waals surface area contributed by atoms with E-state index >= 15 is 0 Å². The molecule has 0 aliphatic carbocycles. The maximum absolute atomic E-state index is 12.5. The average Bonchev–Trinajstić information content (AvgIpc) is 4.26. The molecule has 0 saturated heterocycles. The van der Waals surface area contributed by atoms with Crippen molar-refractivity contribution in [1.82, 2.24) is 45.9 Å². The summed E-state index contributed by atoms with van der Waals surface area (Å²) in [5.41, 5.74) is 7.63. The lowest BCUT2D eigenvalue weighted by Crippen LogP contribution is -2.52. The number of halogens is 7. The van der Waals surface area contributed by atoms with E-state index in [1.165, 1.54) is 0 Å². The molecule has 0 bridgehead atoms. The van der Waals surface area contributed by atoms with Crippen molar-refractivity contribution < 1.29 is 35.5 Å². The van der Waals surface area contributed by atoms with Crippen LogP contribution in [0.2, 0.25) is 30.1 Å². The smallest absolute Gasteiger partial charge is 0.260 e. The Bertz CT molecular complexity index is 3900. The van der Waals surface area contributed by atoms with Crippen LogP contribution in [-0.4, -0.2) is 76.7 Å². The molecule has 1 atom stereocenters. The van der Waals surface area contributed by atoms with Crippen molar-refractivity contribution >= 4 is 161 Å². The van der Waals surface area contributed by atoms with Crippen LogP contribution in [0.5, 0.6) is 0 Å². The molecule has 12 rings (SSSR count). The van der Waals surface area contributed by atoms with E-state index in [-0.39, 0.29) is 24.6 Å². The Kier molecular flexibility index (Phi) is 15.6. The van der Waals surface area contributed by atoms with Crippen LogP contribution in [0.4, 0.5) is 39.4 Å². The van der Waals surface area contributed by atoms with Crippen LogP contribution in [-0.2, 0) is 21.0 Å². The summed E-state index contributed by atoms with van der Waals surface area (Å²) in [5.74, 6) is 0.0513. The number of H-pyrrole nitrogens is 3. The first-order valence-electron chi connectivity index (χ1n) is 24.0. The molecule has 3 aliphatic heterocycles. The zero-order valence-electron chi connectivity index (χ0n) is 42.5. The number of imide groups is 1. The van der Waals surface area contributed by atoms with E-state index in [9.17, 15) is 24.3 Å². The first kappa shape index (κ1) is 56.5. The van der Waals surface area contributed by atoms with Gasteiger partial charge in [0, 0.05) is 18.8 Å². The molecule has 79 heavy (non-hydrogen) atoms. The maximum atomic E-state index is 12.5. The van der Waals surface area contributed by atoms with Gasteiger partial charge in [0.25, 0.3) is 17.7 Å². The van der Waals surface area contributed by atoms with Crippen molar-refractivity contribution in [3.05, 3.63) is 155 Å². The predicted octanol–water partition coefficient (Wildman–Crippen LogP) is 12.9. The van der Waals surface area contributed by atoms with Gasteiger partial charge in [-0.15, -0.1) is 0 Å². The second kappa shape index (κ2) is 21.8. The van der Waals surface area contributed by atoms with E-state index in [4.69, 9.17) is 79.4 Å². The Hall–Kier alpha value is -7.20. The summed E-state index contributed by atoms with van der Waals surface area (Å²) >= 11 is 37.1. The number of benzene rings is 6. The number of aliphatic hydroxyl groups is 1. The molecular formula is C54H49Cl6FN12O6. The Morgan fingerprint density at radius 2 is 0.873 bits per heavy atom. The number of nitrogens with one attached hydrogen (secondary N) is 9. The summed E-state index contributed by atoms with van der Waals surface area (Å²) in [6.07, 6.45) is -0.960. The standard InChI is InChI=1S/C18H16Cl2N4O2.C18H14Cl2N4O2.C18H16Cl2N4O.FHO.H2/c2*1-18(2)8-6-7-11-14(12(8)15(25)24-16(18)26)23-17(21-11)22-13-9(19)4-3-5-10(13)20;1-18(2)8-21-16(25)13-9(18)6-7-12-15(13)24-17(22-12)23-14-10(19)4-3-5-11(14)20;1-2;/h3-7,16,26H,1-2H3,(H,24,25)(H2,21,22,23);3-7H,1-2H3,(H2,21,22,23)(H,24,25,26);3-7H,8H2,1-2H3,(H,21,25)(H2,22,23,24);2H;1H/i;;;;1+2. The molecule has 18 nitrogen and oxygen atoms in total. The molecule has 1 unspecified atom stereocenters. The maximum Gasteiger partial charge on any atom is 0.260 e. The van der Waals surface area contributed by atoms with Crippen LogP contribution in [0.15, 0.2) is 91.0 Å². The number of anilines is 6.